The molecule has 0 bridgehead atoms. The van der Waals surface area contributed by atoms with E-state index in [2.05, 4.69) is 76.2 Å². The van der Waals surface area contributed by atoms with Crippen LogP contribution in [0, 0.1) is 24.8 Å². The molecular weight excluding hydrogens is 723 g/mol. The molecule has 5 rings (SSSR count). The number of carbonyl (C=O) groups is 1. The number of allylic oxidation sites excluding steroid dienone is 2. The fraction of sp³-hybridized carbons (Fsp3) is 0.385. The Balaban J connectivity index is 0.000000324. The maximum absolute atomic E-state index is 11.2. The molecule has 2 aromatic heterocycles. The van der Waals surface area contributed by atoms with Crippen molar-refractivity contribution in [2.45, 2.75) is 86.5 Å². The Bertz CT molecular complexity index is 1760. The zero-order valence-electron chi connectivity index (χ0n) is 27.4. The summed E-state index contributed by atoms with van der Waals surface area (Å²) in [6.45, 7) is 17.0. The van der Waals surface area contributed by atoms with Gasteiger partial charge in [-0.05, 0) is 64.3 Å². The fourth-order valence-corrected chi connectivity index (χ4v) is 5.60. The van der Waals surface area contributed by atoms with E-state index < -0.39 is 0 Å². The summed E-state index contributed by atoms with van der Waals surface area (Å²) in [5.41, 5.74) is 6.30. The number of ketones is 1. The van der Waals surface area contributed by atoms with Crippen molar-refractivity contribution >= 4 is 38.5 Å². The number of rotatable bonds is 9. The average Bonchev–Trinajstić information content (AvgIpc) is 3.33. The molecule has 0 spiro atoms. The van der Waals surface area contributed by atoms with E-state index in [4.69, 9.17) is 9.40 Å². The van der Waals surface area contributed by atoms with Crippen LogP contribution in [0.4, 0.5) is 0 Å². The first-order valence-corrected chi connectivity index (χ1v) is 15.6. The predicted octanol–water partition coefficient (Wildman–Crippen LogP) is 11.1. The van der Waals surface area contributed by atoms with Gasteiger partial charge in [0.25, 0.3) is 0 Å². The molecule has 2 heterocycles. The predicted molar refractivity (Wildman–Crippen MR) is 181 cm³/mol. The van der Waals surface area contributed by atoms with E-state index in [1.807, 2.05) is 46.0 Å². The van der Waals surface area contributed by atoms with Crippen molar-refractivity contribution in [3.8, 4) is 11.3 Å². The van der Waals surface area contributed by atoms with E-state index >= 15 is 0 Å². The molecule has 4 nitrogen and oxygen atoms in total. The van der Waals surface area contributed by atoms with Crippen LogP contribution >= 0.6 is 0 Å². The van der Waals surface area contributed by atoms with Gasteiger partial charge in [0.05, 0.1) is 11.3 Å². The van der Waals surface area contributed by atoms with Gasteiger partial charge in [-0.2, -0.15) is 0 Å². The summed E-state index contributed by atoms with van der Waals surface area (Å²) in [7, 11) is 0. The Hall–Kier alpha value is -3.27. The standard InChI is InChI=1S/C28H26NO.C11H20O2.Ir/c1-5-28(4,6-2)20-11-12-21-19(17-20)13-14-29-26(21)24-16-18(3)15-23-22-9-7-8-10-25(22)30-27(23)24;1-8(2)5-10(12)7-11(13)6-9(3)4;/h7-15,17H,5-6H2,1-4H3;7-9,12H,5-6H2,1-4H3;/q-1;;/b;10-7-;. The fourth-order valence-electron chi connectivity index (χ4n) is 5.60. The van der Waals surface area contributed by atoms with Gasteiger partial charge in [-0.1, -0.05) is 103 Å². The van der Waals surface area contributed by atoms with Gasteiger partial charge in [0.1, 0.15) is 5.58 Å². The molecule has 44 heavy (non-hydrogen) atoms. The Morgan fingerprint density at radius 3 is 2.30 bits per heavy atom. The van der Waals surface area contributed by atoms with Crippen molar-refractivity contribution in [1.82, 2.24) is 4.98 Å². The zero-order valence-corrected chi connectivity index (χ0v) is 29.8. The maximum Gasteiger partial charge on any atom is 0.159 e. The third-order valence-corrected chi connectivity index (χ3v) is 8.36. The first-order chi connectivity index (χ1) is 20.4. The number of pyridine rings is 1. The molecule has 0 aliphatic rings. The SMILES string of the molecule is CC(C)CC(=O)/C=C(\O)CC(C)C.CCC(C)(CC)c1ccc2c(-c3[c-]c(C)cc4c3oc3ccccc34)nccc2c1.[Ir]. The number of aliphatic hydroxyl groups excluding tert-OH is 1. The van der Waals surface area contributed by atoms with Gasteiger partial charge in [-0.15, -0.1) is 17.7 Å². The summed E-state index contributed by atoms with van der Waals surface area (Å²) in [6, 6.07) is 22.8. The number of carbonyl (C=O) groups excluding carboxylic acids is 1. The number of benzene rings is 3. The van der Waals surface area contributed by atoms with Crippen molar-refractivity contribution in [2.75, 3.05) is 0 Å². The van der Waals surface area contributed by atoms with Crippen LogP contribution in [0.2, 0.25) is 0 Å². The Labute approximate surface area is 276 Å². The molecule has 0 atom stereocenters. The smallest absolute Gasteiger partial charge is 0.159 e. The summed E-state index contributed by atoms with van der Waals surface area (Å²) in [5.74, 6) is 0.979. The molecule has 0 aliphatic carbocycles. The minimum atomic E-state index is 0. The quantitative estimate of drug-likeness (QED) is 0.0921. The van der Waals surface area contributed by atoms with Crippen molar-refractivity contribution < 1.29 is 34.4 Å². The summed E-state index contributed by atoms with van der Waals surface area (Å²) in [6.07, 6.45) is 6.61. The molecule has 235 valence electrons. The second kappa shape index (κ2) is 15.1. The zero-order chi connectivity index (χ0) is 31.3. The third-order valence-electron chi connectivity index (χ3n) is 8.36. The molecule has 0 unspecified atom stereocenters. The van der Waals surface area contributed by atoms with E-state index in [0.29, 0.717) is 24.7 Å². The van der Waals surface area contributed by atoms with Crippen molar-refractivity contribution in [1.29, 1.82) is 0 Å². The maximum atomic E-state index is 11.2. The van der Waals surface area contributed by atoms with Crippen LogP contribution in [0.15, 0.2) is 77.0 Å². The van der Waals surface area contributed by atoms with Gasteiger partial charge in [0.15, 0.2) is 5.78 Å². The van der Waals surface area contributed by atoms with Crippen molar-refractivity contribution in [3.05, 3.63) is 89.8 Å². The molecular formula is C39H46IrNO3-. The second-order valence-electron chi connectivity index (χ2n) is 12.8. The van der Waals surface area contributed by atoms with Crippen LogP contribution in [0.1, 0.15) is 85.3 Å². The molecule has 5 aromatic rings. The van der Waals surface area contributed by atoms with Crippen LogP contribution in [0.5, 0.6) is 0 Å². The van der Waals surface area contributed by atoms with Crippen LogP contribution in [-0.4, -0.2) is 15.9 Å². The Morgan fingerprint density at radius 1 is 0.955 bits per heavy atom. The van der Waals surface area contributed by atoms with E-state index in [1.165, 1.54) is 17.0 Å². The van der Waals surface area contributed by atoms with Crippen LogP contribution in [0.3, 0.4) is 0 Å². The number of nitrogens with zero attached hydrogens (tertiary/aromatic N) is 1. The van der Waals surface area contributed by atoms with Gasteiger partial charge in [0, 0.05) is 50.6 Å². The topological polar surface area (TPSA) is 63.3 Å². The number of aromatic nitrogens is 1. The van der Waals surface area contributed by atoms with Gasteiger partial charge in [-0.3, -0.25) is 4.79 Å². The molecule has 1 radical (unpaired) electrons. The monoisotopic (exact) mass is 769 g/mol. The number of aliphatic hydroxyl groups is 1. The third kappa shape index (κ3) is 8.06. The summed E-state index contributed by atoms with van der Waals surface area (Å²) in [4.78, 5) is 16.0. The van der Waals surface area contributed by atoms with Crippen LogP contribution < -0.4 is 0 Å². The number of hydrogen-bond donors (Lipinski definition) is 1. The summed E-state index contributed by atoms with van der Waals surface area (Å²) in [5, 5.41) is 14.0. The van der Waals surface area contributed by atoms with Gasteiger partial charge in [0.2, 0.25) is 0 Å². The number of furan rings is 1. The number of hydrogen-bond acceptors (Lipinski definition) is 4. The van der Waals surface area contributed by atoms with Crippen molar-refractivity contribution in [3.63, 3.8) is 0 Å². The molecule has 1 N–H and O–H groups in total. The van der Waals surface area contributed by atoms with E-state index in [1.54, 1.807) is 0 Å². The first-order valence-electron chi connectivity index (χ1n) is 15.6. The summed E-state index contributed by atoms with van der Waals surface area (Å²) >= 11 is 0. The molecule has 0 saturated heterocycles. The van der Waals surface area contributed by atoms with Gasteiger partial charge < -0.3 is 14.5 Å². The molecule has 5 heteroatoms. The van der Waals surface area contributed by atoms with E-state index in [-0.39, 0.29) is 37.1 Å². The van der Waals surface area contributed by atoms with Crippen molar-refractivity contribution in [2.24, 2.45) is 11.8 Å². The first kappa shape index (κ1) is 35.2. The summed E-state index contributed by atoms with van der Waals surface area (Å²) < 4.78 is 6.28. The molecule has 0 aliphatic heterocycles. The number of aryl methyl sites for hydroxylation is 1. The molecule has 0 saturated carbocycles. The molecule has 0 amide bonds. The van der Waals surface area contributed by atoms with Crippen LogP contribution in [0.25, 0.3) is 44.0 Å². The minimum Gasteiger partial charge on any atom is -0.512 e. The van der Waals surface area contributed by atoms with E-state index in [0.717, 1.165) is 57.0 Å². The minimum absolute atomic E-state index is 0. The Kier molecular flexibility index (Phi) is 12.1. The molecule has 3 aromatic carbocycles. The average molecular weight is 769 g/mol. The van der Waals surface area contributed by atoms with Gasteiger partial charge >= 0.3 is 0 Å². The Morgan fingerprint density at radius 2 is 1.64 bits per heavy atom. The number of para-hydroxylation sites is 1. The number of fused-ring (bicyclic) bond motifs is 4. The normalized spacial score (nSPS) is 12.1. The van der Waals surface area contributed by atoms with Gasteiger partial charge in [-0.25, -0.2) is 0 Å². The van der Waals surface area contributed by atoms with Crippen LogP contribution in [-0.2, 0) is 30.3 Å². The molecule has 0 fully saturated rings. The second-order valence-corrected chi connectivity index (χ2v) is 12.8. The van der Waals surface area contributed by atoms with E-state index in [9.17, 15) is 9.90 Å². The largest absolute Gasteiger partial charge is 0.512 e.